The molecule has 0 spiro atoms. The van der Waals surface area contributed by atoms with Gasteiger partial charge in [0.2, 0.25) is 5.91 Å². The Morgan fingerprint density at radius 2 is 2.16 bits per heavy atom. The Morgan fingerprint density at radius 1 is 1.42 bits per heavy atom. The first kappa shape index (κ1) is 13.4. The summed E-state index contributed by atoms with van der Waals surface area (Å²) in [7, 11) is 0. The Hall–Kier alpha value is -2.08. The summed E-state index contributed by atoms with van der Waals surface area (Å²) in [5.41, 5.74) is 2.07. The van der Waals surface area contributed by atoms with Gasteiger partial charge in [0.05, 0.1) is 6.61 Å². The number of aliphatic hydroxyl groups excluding tert-OH is 1. The van der Waals surface area contributed by atoms with Gasteiger partial charge in [-0.15, -0.1) is 0 Å². The maximum absolute atomic E-state index is 11.8. The van der Waals surface area contributed by atoms with E-state index in [1.165, 1.54) is 0 Å². The van der Waals surface area contributed by atoms with Crippen molar-refractivity contribution in [3.63, 3.8) is 0 Å². The number of carbonyl (C=O) groups is 2. The Kier molecular flexibility index (Phi) is 4.01. The van der Waals surface area contributed by atoms with Crippen LogP contribution in [0.2, 0.25) is 0 Å². The van der Waals surface area contributed by atoms with E-state index in [0.29, 0.717) is 6.54 Å². The topological polar surface area (TPSA) is 98.7 Å². The van der Waals surface area contributed by atoms with E-state index >= 15 is 0 Å². The molecule has 0 fully saturated rings. The zero-order valence-electron chi connectivity index (χ0n) is 10.3. The highest BCUT2D eigenvalue weighted by Gasteiger charge is 2.26. The predicted octanol–water partition coefficient (Wildman–Crippen LogP) is 0.147. The van der Waals surface area contributed by atoms with Crippen molar-refractivity contribution in [2.75, 3.05) is 18.5 Å². The zero-order chi connectivity index (χ0) is 13.8. The number of carboxylic acid groups (broad SMARTS) is 1. The number of para-hydroxylation sites is 1. The van der Waals surface area contributed by atoms with Gasteiger partial charge in [-0.2, -0.15) is 0 Å². The SMILES string of the molecule is O=C(CC1CNc2ccccc21)NC(CO)C(=O)O. The van der Waals surface area contributed by atoms with Crippen molar-refractivity contribution in [1.29, 1.82) is 0 Å². The van der Waals surface area contributed by atoms with Crippen LogP contribution in [0.5, 0.6) is 0 Å². The lowest BCUT2D eigenvalue weighted by atomic mass is 9.97. The monoisotopic (exact) mass is 264 g/mol. The molecular weight excluding hydrogens is 248 g/mol. The van der Waals surface area contributed by atoms with E-state index in [9.17, 15) is 9.59 Å². The van der Waals surface area contributed by atoms with Crippen LogP contribution in [0.15, 0.2) is 24.3 Å². The molecule has 1 aromatic carbocycles. The van der Waals surface area contributed by atoms with E-state index in [1.807, 2.05) is 24.3 Å². The van der Waals surface area contributed by atoms with Crippen molar-refractivity contribution >= 4 is 17.6 Å². The van der Waals surface area contributed by atoms with Crippen LogP contribution in [0.25, 0.3) is 0 Å². The second-order valence-electron chi connectivity index (χ2n) is 4.51. The molecule has 2 unspecified atom stereocenters. The molecule has 1 aliphatic heterocycles. The third-order valence-corrected chi connectivity index (χ3v) is 3.19. The number of carbonyl (C=O) groups excluding carboxylic acids is 1. The average Bonchev–Trinajstić information content (AvgIpc) is 2.79. The fourth-order valence-electron chi connectivity index (χ4n) is 2.20. The Bertz CT molecular complexity index is 489. The number of nitrogens with one attached hydrogen (secondary N) is 2. The Balaban J connectivity index is 1.96. The molecule has 1 heterocycles. The van der Waals surface area contributed by atoms with Gasteiger partial charge >= 0.3 is 5.97 Å². The number of aliphatic carboxylic acids is 1. The first-order valence-corrected chi connectivity index (χ1v) is 6.07. The number of aliphatic hydroxyl groups is 1. The maximum Gasteiger partial charge on any atom is 0.328 e. The van der Waals surface area contributed by atoms with E-state index in [2.05, 4.69) is 10.6 Å². The normalized spacial score (nSPS) is 18.3. The lowest BCUT2D eigenvalue weighted by molar-refractivity contribution is -0.143. The number of fused-ring (bicyclic) bond motifs is 1. The van der Waals surface area contributed by atoms with Gasteiger partial charge in [0.1, 0.15) is 6.04 Å². The van der Waals surface area contributed by atoms with Crippen molar-refractivity contribution in [3.8, 4) is 0 Å². The number of hydrogen-bond acceptors (Lipinski definition) is 4. The molecular formula is C13H16N2O4. The maximum atomic E-state index is 11.8. The number of hydrogen-bond donors (Lipinski definition) is 4. The van der Waals surface area contributed by atoms with Crippen molar-refractivity contribution in [3.05, 3.63) is 29.8 Å². The summed E-state index contributed by atoms with van der Waals surface area (Å²) in [5, 5.41) is 23.1. The minimum absolute atomic E-state index is 0.0318. The predicted molar refractivity (Wildman–Crippen MR) is 68.9 cm³/mol. The Labute approximate surface area is 110 Å². The third-order valence-electron chi connectivity index (χ3n) is 3.19. The molecule has 6 heteroatoms. The summed E-state index contributed by atoms with van der Waals surface area (Å²) in [6, 6.07) is 6.48. The van der Waals surface area contributed by atoms with Crippen LogP contribution in [0, 0.1) is 0 Å². The molecule has 0 radical (unpaired) electrons. The molecule has 4 N–H and O–H groups in total. The van der Waals surface area contributed by atoms with Crippen molar-refractivity contribution < 1.29 is 19.8 Å². The molecule has 0 saturated heterocycles. The summed E-state index contributed by atoms with van der Waals surface area (Å²) < 4.78 is 0. The minimum atomic E-state index is -1.24. The molecule has 1 amide bonds. The highest BCUT2D eigenvalue weighted by molar-refractivity contribution is 5.84. The van der Waals surface area contributed by atoms with E-state index in [4.69, 9.17) is 10.2 Å². The quantitative estimate of drug-likeness (QED) is 0.606. The van der Waals surface area contributed by atoms with Crippen molar-refractivity contribution in [2.24, 2.45) is 0 Å². The van der Waals surface area contributed by atoms with Crippen LogP contribution in [0.1, 0.15) is 17.9 Å². The van der Waals surface area contributed by atoms with Crippen LogP contribution in [-0.2, 0) is 9.59 Å². The smallest absolute Gasteiger partial charge is 0.328 e. The number of anilines is 1. The lowest BCUT2D eigenvalue weighted by Gasteiger charge is -2.14. The van der Waals surface area contributed by atoms with E-state index in [-0.39, 0.29) is 18.2 Å². The van der Waals surface area contributed by atoms with E-state index < -0.39 is 18.6 Å². The molecule has 1 aromatic rings. The number of benzene rings is 1. The van der Waals surface area contributed by atoms with Gasteiger partial charge in [0, 0.05) is 24.6 Å². The molecule has 2 rings (SSSR count). The standard InChI is InChI=1S/C13H16N2O4/c16-7-11(13(18)19)15-12(17)5-8-6-14-10-4-2-1-3-9(8)10/h1-4,8,11,14,16H,5-7H2,(H,15,17)(H,18,19). The summed E-state index contributed by atoms with van der Waals surface area (Å²) in [4.78, 5) is 22.5. The first-order chi connectivity index (χ1) is 9.11. The fourth-order valence-corrected chi connectivity index (χ4v) is 2.20. The van der Waals surface area contributed by atoms with E-state index in [1.54, 1.807) is 0 Å². The second-order valence-corrected chi connectivity index (χ2v) is 4.51. The van der Waals surface area contributed by atoms with Gasteiger partial charge in [-0.1, -0.05) is 18.2 Å². The first-order valence-electron chi connectivity index (χ1n) is 6.07. The largest absolute Gasteiger partial charge is 0.480 e. The van der Waals surface area contributed by atoms with Gasteiger partial charge in [-0.25, -0.2) is 4.79 Å². The van der Waals surface area contributed by atoms with Crippen LogP contribution in [0.4, 0.5) is 5.69 Å². The molecule has 0 aliphatic carbocycles. The highest BCUT2D eigenvalue weighted by Crippen LogP contribution is 2.32. The third kappa shape index (κ3) is 3.03. The summed E-state index contributed by atoms with van der Waals surface area (Å²) in [6.45, 7) is 0.0458. The highest BCUT2D eigenvalue weighted by atomic mass is 16.4. The molecule has 0 aromatic heterocycles. The van der Waals surface area contributed by atoms with Gasteiger partial charge in [0.25, 0.3) is 0 Å². The lowest BCUT2D eigenvalue weighted by Crippen LogP contribution is -2.43. The fraction of sp³-hybridized carbons (Fsp3) is 0.385. The van der Waals surface area contributed by atoms with Crippen LogP contribution in [-0.4, -0.2) is 41.3 Å². The van der Waals surface area contributed by atoms with Gasteiger partial charge in [0.15, 0.2) is 0 Å². The summed E-state index contributed by atoms with van der Waals surface area (Å²) >= 11 is 0. The molecule has 0 bridgehead atoms. The van der Waals surface area contributed by atoms with Crippen LogP contribution < -0.4 is 10.6 Å². The molecule has 1 aliphatic rings. The molecule has 2 atom stereocenters. The number of carboxylic acids is 1. The minimum Gasteiger partial charge on any atom is -0.480 e. The summed E-state index contributed by atoms with van der Waals surface area (Å²) in [6.07, 6.45) is 0.202. The van der Waals surface area contributed by atoms with Crippen molar-refractivity contribution in [2.45, 2.75) is 18.4 Å². The molecule has 102 valence electrons. The molecule has 19 heavy (non-hydrogen) atoms. The molecule has 6 nitrogen and oxygen atoms in total. The second kappa shape index (κ2) is 5.71. The van der Waals surface area contributed by atoms with Crippen molar-refractivity contribution in [1.82, 2.24) is 5.32 Å². The van der Waals surface area contributed by atoms with Crippen LogP contribution in [0.3, 0.4) is 0 Å². The van der Waals surface area contributed by atoms with Gasteiger partial charge in [-0.05, 0) is 11.6 Å². The number of rotatable bonds is 5. The molecule has 0 saturated carbocycles. The average molecular weight is 264 g/mol. The van der Waals surface area contributed by atoms with Gasteiger partial charge in [-0.3, -0.25) is 4.79 Å². The zero-order valence-corrected chi connectivity index (χ0v) is 10.3. The summed E-state index contributed by atoms with van der Waals surface area (Å²) in [5.74, 6) is -1.57. The van der Waals surface area contributed by atoms with Crippen LogP contribution >= 0.6 is 0 Å². The Morgan fingerprint density at radius 3 is 2.84 bits per heavy atom. The van der Waals surface area contributed by atoms with Gasteiger partial charge < -0.3 is 20.8 Å². The van der Waals surface area contributed by atoms with E-state index in [0.717, 1.165) is 11.3 Å². The number of amides is 1.